The molecule has 0 aliphatic carbocycles. The number of amides is 1. The third-order valence-corrected chi connectivity index (χ3v) is 2.07. The van der Waals surface area contributed by atoms with E-state index in [1.54, 1.807) is 0 Å². The van der Waals surface area contributed by atoms with Crippen LogP contribution < -0.4 is 10.2 Å². The van der Waals surface area contributed by atoms with Crippen molar-refractivity contribution in [3.05, 3.63) is 24.3 Å². The molecule has 1 amide bonds. The number of carbonyl (C=O) groups excluding carboxylic acids is 1. The largest absolute Gasteiger partial charge is 0.307 e. The zero-order chi connectivity index (χ0) is 9.97. The van der Waals surface area contributed by atoms with Gasteiger partial charge < -0.3 is 10.2 Å². The Hall–Kier alpha value is -1.49. The average molecular weight is 194 g/mol. The van der Waals surface area contributed by atoms with Crippen molar-refractivity contribution < 1.29 is 9.18 Å². The third-order valence-electron chi connectivity index (χ3n) is 2.07. The van der Waals surface area contributed by atoms with Gasteiger partial charge in [0, 0.05) is 19.3 Å². The number of carbonyl (C=O) groups is 1. The maximum absolute atomic E-state index is 13.2. The molecule has 4 nitrogen and oxygen atoms in total. The van der Waals surface area contributed by atoms with Crippen molar-refractivity contribution in [2.75, 3.05) is 24.5 Å². The molecule has 1 aliphatic rings. The van der Waals surface area contributed by atoms with E-state index in [0.29, 0.717) is 13.1 Å². The standard InChI is InChI=1S/C9H9FN3O/c10-7-5-11-2-1-8(7)13-4-3-12-6-9(13)14/h1-2,12H,3-4,6H2. The van der Waals surface area contributed by atoms with Crippen molar-refractivity contribution in [2.24, 2.45) is 0 Å². The Morgan fingerprint density at radius 2 is 2.50 bits per heavy atom. The second kappa shape index (κ2) is 3.71. The minimum absolute atomic E-state index is 0.130. The summed E-state index contributed by atoms with van der Waals surface area (Å²) in [5, 5.41) is 2.91. The molecule has 1 N–H and O–H groups in total. The van der Waals surface area contributed by atoms with Crippen molar-refractivity contribution in [1.82, 2.24) is 10.3 Å². The molecule has 1 saturated heterocycles. The van der Waals surface area contributed by atoms with E-state index in [1.807, 2.05) is 0 Å². The van der Waals surface area contributed by atoms with Gasteiger partial charge in [-0.05, 0) is 6.07 Å². The lowest BCUT2D eigenvalue weighted by Crippen LogP contribution is -2.48. The summed E-state index contributed by atoms with van der Waals surface area (Å²) in [6, 6.07) is 1.48. The molecule has 2 heterocycles. The fraction of sp³-hybridized carbons (Fsp3) is 0.333. The van der Waals surface area contributed by atoms with Gasteiger partial charge in [0.1, 0.15) is 6.20 Å². The van der Waals surface area contributed by atoms with E-state index in [9.17, 15) is 9.18 Å². The van der Waals surface area contributed by atoms with E-state index in [1.165, 1.54) is 17.2 Å². The highest BCUT2D eigenvalue weighted by Crippen LogP contribution is 2.17. The van der Waals surface area contributed by atoms with E-state index < -0.39 is 5.82 Å². The highest BCUT2D eigenvalue weighted by atomic mass is 19.1. The van der Waals surface area contributed by atoms with E-state index in [2.05, 4.69) is 16.5 Å². The number of rotatable bonds is 1. The number of hydrogen-bond acceptors (Lipinski definition) is 3. The summed E-state index contributed by atoms with van der Waals surface area (Å²) in [6.45, 7) is 1.41. The van der Waals surface area contributed by atoms with Crippen LogP contribution in [0.3, 0.4) is 0 Å². The number of anilines is 1. The first-order valence-corrected chi connectivity index (χ1v) is 4.32. The number of nitrogens with zero attached hydrogens (tertiary/aromatic N) is 2. The summed E-state index contributed by atoms with van der Waals surface area (Å²) in [7, 11) is 0. The second-order valence-corrected chi connectivity index (χ2v) is 2.98. The number of halogens is 1. The average Bonchev–Trinajstić information content (AvgIpc) is 2.20. The maximum Gasteiger partial charge on any atom is 0.241 e. The summed E-state index contributed by atoms with van der Waals surface area (Å²) in [6.07, 6.45) is 3.61. The first kappa shape index (κ1) is 9.08. The lowest BCUT2D eigenvalue weighted by molar-refractivity contribution is -0.118. The Labute approximate surface area is 80.7 Å². The van der Waals surface area contributed by atoms with Crippen LogP contribution in [0.15, 0.2) is 12.3 Å². The summed E-state index contributed by atoms with van der Waals surface area (Å²) in [4.78, 5) is 16.3. The van der Waals surface area contributed by atoms with Crippen LogP contribution in [-0.4, -0.2) is 30.5 Å². The molecule has 0 spiro atoms. The SMILES string of the molecule is O=C1CNCCN1c1ccn[c]c1F. The van der Waals surface area contributed by atoms with Crippen molar-refractivity contribution >= 4 is 11.6 Å². The molecule has 0 aromatic carbocycles. The van der Waals surface area contributed by atoms with Crippen molar-refractivity contribution in [2.45, 2.75) is 0 Å². The Balaban J connectivity index is 2.29. The Kier molecular flexibility index (Phi) is 2.41. The fourth-order valence-corrected chi connectivity index (χ4v) is 1.40. The minimum atomic E-state index is -0.581. The molecule has 73 valence electrons. The van der Waals surface area contributed by atoms with Crippen molar-refractivity contribution in [1.29, 1.82) is 0 Å². The van der Waals surface area contributed by atoms with Crippen LogP contribution >= 0.6 is 0 Å². The fourth-order valence-electron chi connectivity index (χ4n) is 1.40. The van der Waals surface area contributed by atoms with E-state index in [4.69, 9.17) is 0 Å². The molecule has 0 bridgehead atoms. The zero-order valence-corrected chi connectivity index (χ0v) is 7.46. The van der Waals surface area contributed by atoms with Gasteiger partial charge in [-0.25, -0.2) is 4.39 Å². The van der Waals surface area contributed by atoms with Crippen LogP contribution in [0, 0.1) is 12.0 Å². The molecular weight excluding hydrogens is 185 g/mol. The van der Waals surface area contributed by atoms with Gasteiger partial charge in [0.25, 0.3) is 0 Å². The van der Waals surface area contributed by atoms with Gasteiger partial charge in [-0.2, -0.15) is 0 Å². The lowest BCUT2D eigenvalue weighted by Gasteiger charge is -2.27. The van der Waals surface area contributed by atoms with Crippen LogP contribution in [0.1, 0.15) is 0 Å². The molecule has 2 rings (SSSR count). The maximum atomic E-state index is 13.2. The van der Waals surface area contributed by atoms with Gasteiger partial charge in [0.05, 0.1) is 12.2 Å². The molecule has 0 saturated carbocycles. The first-order chi connectivity index (χ1) is 6.79. The predicted molar refractivity (Wildman–Crippen MR) is 48.3 cm³/mol. The lowest BCUT2D eigenvalue weighted by atomic mass is 10.3. The molecule has 1 aromatic rings. The van der Waals surface area contributed by atoms with Gasteiger partial charge in [-0.1, -0.05) is 0 Å². The molecule has 1 aromatic heterocycles. The molecule has 0 atom stereocenters. The minimum Gasteiger partial charge on any atom is -0.307 e. The molecule has 1 fully saturated rings. The van der Waals surface area contributed by atoms with Gasteiger partial charge >= 0.3 is 0 Å². The Morgan fingerprint density at radius 3 is 3.21 bits per heavy atom. The molecular formula is C9H9FN3O. The number of hydrogen-bond donors (Lipinski definition) is 1. The summed E-state index contributed by atoms with van der Waals surface area (Å²) < 4.78 is 13.2. The molecule has 1 aliphatic heterocycles. The molecule has 5 heteroatoms. The number of piperazine rings is 1. The van der Waals surface area contributed by atoms with Gasteiger partial charge in [0.15, 0.2) is 5.82 Å². The van der Waals surface area contributed by atoms with Crippen LogP contribution in [0.5, 0.6) is 0 Å². The predicted octanol–water partition coefficient (Wildman–Crippen LogP) is -0.0429. The second-order valence-electron chi connectivity index (χ2n) is 2.98. The van der Waals surface area contributed by atoms with Crippen LogP contribution in [0.25, 0.3) is 0 Å². The van der Waals surface area contributed by atoms with Crippen LogP contribution in [0.4, 0.5) is 10.1 Å². The van der Waals surface area contributed by atoms with Crippen molar-refractivity contribution in [3.8, 4) is 0 Å². The van der Waals surface area contributed by atoms with Gasteiger partial charge in [-0.3, -0.25) is 9.78 Å². The molecule has 14 heavy (non-hydrogen) atoms. The number of pyridine rings is 1. The quantitative estimate of drug-likeness (QED) is 0.682. The third kappa shape index (κ3) is 1.58. The first-order valence-electron chi connectivity index (χ1n) is 4.32. The van der Waals surface area contributed by atoms with E-state index >= 15 is 0 Å². The Morgan fingerprint density at radius 1 is 1.64 bits per heavy atom. The molecule has 1 radical (unpaired) electrons. The molecule has 0 unspecified atom stereocenters. The summed E-state index contributed by atoms with van der Waals surface area (Å²) >= 11 is 0. The van der Waals surface area contributed by atoms with Crippen molar-refractivity contribution in [3.63, 3.8) is 0 Å². The van der Waals surface area contributed by atoms with E-state index in [-0.39, 0.29) is 18.1 Å². The van der Waals surface area contributed by atoms with Gasteiger partial charge in [0.2, 0.25) is 5.91 Å². The normalized spacial score (nSPS) is 17.2. The highest BCUT2D eigenvalue weighted by Gasteiger charge is 2.21. The van der Waals surface area contributed by atoms with Gasteiger partial charge in [-0.15, -0.1) is 0 Å². The van der Waals surface area contributed by atoms with E-state index in [0.717, 1.165) is 0 Å². The smallest absolute Gasteiger partial charge is 0.241 e. The summed E-state index contributed by atoms with van der Waals surface area (Å²) in [5.74, 6) is -0.711. The highest BCUT2D eigenvalue weighted by molar-refractivity contribution is 5.95. The summed E-state index contributed by atoms with van der Waals surface area (Å²) in [5.41, 5.74) is 0.256. The topological polar surface area (TPSA) is 45.2 Å². The number of aromatic nitrogens is 1. The number of nitrogens with one attached hydrogen (secondary N) is 1. The Bertz CT molecular complexity index is 356. The monoisotopic (exact) mass is 194 g/mol. The van der Waals surface area contributed by atoms with Crippen LogP contribution in [-0.2, 0) is 4.79 Å². The van der Waals surface area contributed by atoms with Crippen LogP contribution in [0.2, 0.25) is 0 Å². The zero-order valence-electron chi connectivity index (χ0n) is 7.46.